The van der Waals surface area contributed by atoms with Gasteiger partial charge in [0.1, 0.15) is 0 Å². The first-order chi connectivity index (χ1) is 6.43. The van der Waals surface area contributed by atoms with Crippen LogP contribution in [0.25, 0.3) is 0 Å². The second-order valence-electron chi connectivity index (χ2n) is 4.01. The van der Waals surface area contributed by atoms with Crippen molar-refractivity contribution in [2.75, 3.05) is 25.5 Å². The summed E-state index contributed by atoms with van der Waals surface area (Å²) in [6.07, 6.45) is 9.53. The van der Waals surface area contributed by atoms with E-state index >= 15 is 0 Å². The average Bonchev–Trinajstić information content (AvgIpc) is 2.19. The van der Waals surface area contributed by atoms with Crippen LogP contribution in [0.4, 0.5) is 0 Å². The van der Waals surface area contributed by atoms with Crippen LogP contribution in [0.1, 0.15) is 44.9 Å². The molecule has 78 valence electrons. The Morgan fingerprint density at radius 2 is 1.54 bits per heavy atom. The van der Waals surface area contributed by atoms with Gasteiger partial charge in [0.2, 0.25) is 0 Å². The number of piperidine rings is 1. The molecule has 1 aliphatic heterocycles. The Morgan fingerprint density at radius 3 is 2.23 bits per heavy atom. The first-order valence-electron chi connectivity index (χ1n) is 5.72. The van der Waals surface area contributed by atoms with Crippen LogP contribution in [0.2, 0.25) is 0 Å². The van der Waals surface area contributed by atoms with Crippen LogP contribution in [0.15, 0.2) is 0 Å². The van der Waals surface area contributed by atoms with Crippen molar-refractivity contribution in [2.45, 2.75) is 44.9 Å². The minimum Gasteiger partial charge on any atom is -0.303 e. The maximum Gasteiger partial charge on any atom is 0.0223 e. The summed E-state index contributed by atoms with van der Waals surface area (Å²) in [5.74, 6) is 0.837. The maximum absolute atomic E-state index is 5.62. The van der Waals surface area contributed by atoms with Gasteiger partial charge in [-0.3, -0.25) is 0 Å². The summed E-state index contributed by atoms with van der Waals surface area (Å²) in [5, 5.41) is 0. The standard InChI is InChI=1S/C11H22ClN/c12-8-4-1-2-5-9-13-10-6-3-7-11-13/h1-11H2. The third kappa shape index (κ3) is 5.53. The molecule has 0 N–H and O–H groups in total. The Morgan fingerprint density at radius 1 is 0.846 bits per heavy atom. The number of likely N-dealkylation sites (tertiary alicyclic amines) is 1. The van der Waals surface area contributed by atoms with E-state index in [-0.39, 0.29) is 0 Å². The van der Waals surface area contributed by atoms with Crippen molar-refractivity contribution < 1.29 is 0 Å². The highest BCUT2D eigenvalue weighted by molar-refractivity contribution is 6.17. The van der Waals surface area contributed by atoms with Crippen molar-refractivity contribution >= 4 is 11.6 Å². The molecule has 13 heavy (non-hydrogen) atoms. The highest BCUT2D eigenvalue weighted by atomic mass is 35.5. The Hall–Kier alpha value is 0.250. The molecule has 1 saturated heterocycles. The zero-order valence-electron chi connectivity index (χ0n) is 8.60. The molecule has 0 aliphatic carbocycles. The Balaban J connectivity index is 1.86. The van der Waals surface area contributed by atoms with Gasteiger partial charge in [-0.25, -0.2) is 0 Å². The fourth-order valence-electron chi connectivity index (χ4n) is 1.97. The Bertz CT molecular complexity index is 111. The van der Waals surface area contributed by atoms with Crippen LogP contribution in [0.5, 0.6) is 0 Å². The molecule has 1 nitrogen and oxygen atoms in total. The summed E-state index contributed by atoms with van der Waals surface area (Å²) >= 11 is 5.62. The molecule has 0 aromatic rings. The quantitative estimate of drug-likeness (QED) is 0.473. The molecule has 0 aromatic heterocycles. The highest BCUT2D eigenvalue weighted by Crippen LogP contribution is 2.10. The van der Waals surface area contributed by atoms with Crippen LogP contribution in [-0.2, 0) is 0 Å². The molecule has 0 atom stereocenters. The molecule has 0 amide bonds. The van der Waals surface area contributed by atoms with Crippen molar-refractivity contribution in [1.82, 2.24) is 4.90 Å². The maximum atomic E-state index is 5.62. The predicted molar refractivity (Wildman–Crippen MR) is 59.5 cm³/mol. The lowest BCUT2D eigenvalue weighted by atomic mass is 10.1. The topological polar surface area (TPSA) is 3.24 Å². The van der Waals surface area contributed by atoms with Gasteiger partial charge in [0.15, 0.2) is 0 Å². The lowest BCUT2D eigenvalue weighted by molar-refractivity contribution is 0.224. The molecule has 0 bridgehead atoms. The lowest BCUT2D eigenvalue weighted by Crippen LogP contribution is -2.30. The molecular weight excluding hydrogens is 182 g/mol. The van der Waals surface area contributed by atoms with E-state index in [2.05, 4.69) is 4.90 Å². The van der Waals surface area contributed by atoms with E-state index in [0.717, 1.165) is 5.88 Å². The van der Waals surface area contributed by atoms with E-state index in [9.17, 15) is 0 Å². The second-order valence-corrected chi connectivity index (χ2v) is 4.38. The van der Waals surface area contributed by atoms with Gasteiger partial charge in [0, 0.05) is 5.88 Å². The fraction of sp³-hybridized carbons (Fsp3) is 1.00. The normalized spacial score (nSPS) is 19.2. The van der Waals surface area contributed by atoms with E-state index in [1.165, 1.54) is 64.6 Å². The molecule has 0 unspecified atom stereocenters. The SMILES string of the molecule is ClCCCCCCN1CCCCC1. The van der Waals surface area contributed by atoms with Crippen molar-refractivity contribution in [3.05, 3.63) is 0 Å². The van der Waals surface area contributed by atoms with Gasteiger partial charge in [0.25, 0.3) is 0 Å². The first kappa shape index (κ1) is 11.3. The van der Waals surface area contributed by atoms with E-state index in [0.29, 0.717) is 0 Å². The fourth-order valence-corrected chi connectivity index (χ4v) is 2.16. The number of hydrogen-bond acceptors (Lipinski definition) is 1. The van der Waals surface area contributed by atoms with Gasteiger partial charge >= 0.3 is 0 Å². The Labute approximate surface area is 87.4 Å². The number of alkyl halides is 1. The summed E-state index contributed by atoms with van der Waals surface area (Å²) in [7, 11) is 0. The monoisotopic (exact) mass is 203 g/mol. The van der Waals surface area contributed by atoms with Gasteiger partial charge in [-0.15, -0.1) is 11.6 Å². The third-order valence-corrected chi connectivity index (χ3v) is 3.07. The molecule has 0 radical (unpaired) electrons. The number of rotatable bonds is 6. The van der Waals surface area contributed by atoms with Gasteiger partial charge in [-0.2, -0.15) is 0 Å². The van der Waals surface area contributed by atoms with Crippen LogP contribution in [-0.4, -0.2) is 30.4 Å². The molecule has 1 heterocycles. The predicted octanol–water partition coefficient (Wildman–Crippen LogP) is 3.27. The van der Waals surface area contributed by atoms with Gasteiger partial charge in [-0.05, 0) is 45.3 Å². The molecule has 2 heteroatoms. The Kier molecular flexibility index (Phi) is 6.65. The summed E-state index contributed by atoms with van der Waals surface area (Å²) in [5.41, 5.74) is 0. The average molecular weight is 204 g/mol. The zero-order chi connectivity index (χ0) is 9.36. The first-order valence-corrected chi connectivity index (χ1v) is 6.25. The number of hydrogen-bond donors (Lipinski definition) is 0. The molecule has 0 aromatic carbocycles. The van der Waals surface area contributed by atoms with Crippen LogP contribution in [0, 0.1) is 0 Å². The number of halogens is 1. The summed E-state index contributed by atoms with van der Waals surface area (Å²) in [4.78, 5) is 2.62. The van der Waals surface area contributed by atoms with Crippen molar-refractivity contribution in [3.8, 4) is 0 Å². The van der Waals surface area contributed by atoms with Crippen LogP contribution in [0.3, 0.4) is 0 Å². The molecule has 1 rings (SSSR count). The van der Waals surface area contributed by atoms with E-state index in [4.69, 9.17) is 11.6 Å². The number of unbranched alkanes of at least 4 members (excludes halogenated alkanes) is 3. The van der Waals surface area contributed by atoms with Crippen molar-refractivity contribution in [3.63, 3.8) is 0 Å². The van der Waals surface area contributed by atoms with Crippen molar-refractivity contribution in [2.24, 2.45) is 0 Å². The molecule has 0 spiro atoms. The van der Waals surface area contributed by atoms with Crippen molar-refractivity contribution in [1.29, 1.82) is 0 Å². The second kappa shape index (κ2) is 7.64. The van der Waals surface area contributed by atoms with Crippen LogP contribution >= 0.6 is 11.6 Å². The largest absolute Gasteiger partial charge is 0.303 e. The molecule has 1 fully saturated rings. The molecule has 0 saturated carbocycles. The van der Waals surface area contributed by atoms with Gasteiger partial charge < -0.3 is 4.90 Å². The molecular formula is C11H22ClN. The number of nitrogens with zero attached hydrogens (tertiary/aromatic N) is 1. The highest BCUT2D eigenvalue weighted by Gasteiger charge is 2.08. The summed E-state index contributed by atoms with van der Waals surface area (Å²) in [6, 6.07) is 0. The van der Waals surface area contributed by atoms with E-state index < -0.39 is 0 Å². The van der Waals surface area contributed by atoms with E-state index in [1.807, 2.05) is 0 Å². The van der Waals surface area contributed by atoms with Crippen LogP contribution < -0.4 is 0 Å². The smallest absolute Gasteiger partial charge is 0.0223 e. The minimum absolute atomic E-state index is 0.837. The minimum atomic E-state index is 0.837. The lowest BCUT2D eigenvalue weighted by Gasteiger charge is -2.26. The zero-order valence-corrected chi connectivity index (χ0v) is 9.36. The molecule has 1 aliphatic rings. The summed E-state index contributed by atoms with van der Waals surface area (Å²) < 4.78 is 0. The van der Waals surface area contributed by atoms with E-state index in [1.54, 1.807) is 0 Å². The third-order valence-electron chi connectivity index (χ3n) is 2.81. The summed E-state index contributed by atoms with van der Waals surface area (Å²) in [6.45, 7) is 4.01. The van der Waals surface area contributed by atoms with Gasteiger partial charge in [-0.1, -0.05) is 19.3 Å². The van der Waals surface area contributed by atoms with Gasteiger partial charge in [0.05, 0.1) is 0 Å².